The predicted octanol–water partition coefficient (Wildman–Crippen LogP) is 1.32. The molecule has 2 atom stereocenters. The zero-order valence-electron chi connectivity index (χ0n) is 9.92. The number of esters is 1. The highest BCUT2D eigenvalue weighted by Crippen LogP contribution is 2.41. The molecule has 4 nitrogen and oxygen atoms in total. The number of epoxide rings is 1. The van der Waals surface area contributed by atoms with Gasteiger partial charge in [0.05, 0.1) is 6.61 Å². The lowest BCUT2D eigenvalue weighted by Crippen LogP contribution is -2.34. The Balaban J connectivity index is 2.66. The Morgan fingerprint density at radius 2 is 1.93 bits per heavy atom. The number of hydrogen-bond donors (Lipinski definition) is 0. The second-order valence-electron chi connectivity index (χ2n) is 4.94. The summed E-state index contributed by atoms with van der Waals surface area (Å²) in [5.74, 6) is -0.509. The summed E-state index contributed by atoms with van der Waals surface area (Å²) in [7, 11) is 0. The van der Waals surface area contributed by atoms with Crippen LogP contribution in [0.3, 0.4) is 0 Å². The number of ether oxygens (including phenoxy) is 2. The van der Waals surface area contributed by atoms with E-state index >= 15 is 0 Å². The molecular formula is C11H18O4. The molecule has 15 heavy (non-hydrogen) atoms. The molecule has 0 amide bonds. The first kappa shape index (κ1) is 12.2. The minimum Gasteiger partial charge on any atom is -0.464 e. The van der Waals surface area contributed by atoms with Crippen molar-refractivity contribution in [2.45, 2.75) is 46.3 Å². The Morgan fingerprint density at radius 3 is 2.33 bits per heavy atom. The highest BCUT2D eigenvalue weighted by Gasteiger charge is 2.65. The summed E-state index contributed by atoms with van der Waals surface area (Å²) in [4.78, 5) is 23.3. The largest absolute Gasteiger partial charge is 0.464 e. The van der Waals surface area contributed by atoms with E-state index in [1.54, 1.807) is 13.8 Å². The van der Waals surface area contributed by atoms with Crippen LogP contribution in [-0.2, 0) is 19.1 Å². The number of ketones is 1. The van der Waals surface area contributed by atoms with Gasteiger partial charge in [-0.25, -0.2) is 4.79 Å². The van der Waals surface area contributed by atoms with Gasteiger partial charge in [-0.2, -0.15) is 0 Å². The molecule has 1 saturated heterocycles. The molecule has 0 aromatic carbocycles. The summed E-state index contributed by atoms with van der Waals surface area (Å²) in [6.45, 7) is 9.05. The molecule has 0 unspecified atom stereocenters. The fraction of sp³-hybridized carbons (Fsp3) is 0.818. The average molecular weight is 214 g/mol. The van der Waals surface area contributed by atoms with E-state index in [-0.39, 0.29) is 5.78 Å². The fourth-order valence-electron chi connectivity index (χ4n) is 1.34. The van der Waals surface area contributed by atoms with E-state index in [9.17, 15) is 9.59 Å². The van der Waals surface area contributed by atoms with Crippen molar-refractivity contribution in [1.29, 1.82) is 0 Å². The van der Waals surface area contributed by atoms with Gasteiger partial charge in [-0.3, -0.25) is 4.79 Å². The molecule has 1 aliphatic heterocycles. The standard InChI is InChI=1S/C11H18O4/c1-6-14-9(13)11(5)8(15-11)7(12)10(2,3)4/h8H,6H2,1-5H3/t8-,11+/m0/s1. The van der Waals surface area contributed by atoms with E-state index < -0.39 is 23.1 Å². The maximum absolute atomic E-state index is 11.8. The van der Waals surface area contributed by atoms with Gasteiger partial charge in [0.15, 0.2) is 17.5 Å². The molecule has 0 N–H and O–H groups in total. The van der Waals surface area contributed by atoms with Crippen LogP contribution in [0, 0.1) is 5.41 Å². The molecule has 0 aliphatic carbocycles. The highest BCUT2D eigenvalue weighted by molar-refractivity contribution is 5.99. The van der Waals surface area contributed by atoms with Gasteiger partial charge in [0, 0.05) is 5.41 Å². The van der Waals surface area contributed by atoms with Gasteiger partial charge in [0.1, 0.15) is 0 Å². The lowest BCUT2D eigenvalue weighted by atomic mass is 9.85. The first-order valence-corrected chi connectivity index (χ1v) is 5.13. The third-order valence-corrected chi connectivity index (χ3v) is 2.46. The normalized spacial score (nSPS) is 29.8. The van der Waals surface area contributed by atoms with Crippen LogP contribution in [0.4, 0.5) is 0 Å². The Bertz CT molecular complexity index is 289. The maximum Gasteiger partial charge on any atom is 0.341 e. The number of carbonyl (C=O) groups is 2. The highest BCUT2D eigenvalue weighted by atomic mass is 16.7. The van der Waals surface area contributed by atoms with E-state index in [1.807, 2.05) is 20.8 Å². The number of rotatable bonds is 3. The van der Waals surface area contributed by atoms with Crippen molar-refractivity contribution in [3.05, 3.63) is 0 Å². The zero-order chi connectivity index (χ0) is 11.9. The van der Waals surface area contributed by atoms with E-state index in [1.165, 1.54) is 0 Å². The van der Waals surface area contributed by atoms with Gasteiger partial charge in [-0.1, -0.05) is 20.8 Å². The van der Waals surface area contributed by atoms with Gasteiger partial charge in [-0.15, -0.1) is 0 Å². The summed E-state index contributed by atoms with van der Waals surface area (Å²) in [5.41, 5.74) is -1.55. The van der Waals surface area contributed by atoms with Crippen molar-refractivity contribution in [2.24, 2.45) is 5.41 Å². The topological polar surface area (TPSA) is 55.9 Å². The molecule has 1 heterocycles. The van der Waals surface area contributed by atoms with Crippen LogP contribution in [0.15, 0.2) is 0 Å². The molecule has 0 bridgehead atoms. The van der Waals surface area contributed by atoms with Crippen molar-refractivity contribution >= 4 is 11.8 Å². The Kier molecular flexibility index (Phi) is 2.92. The Labute approximate surface area is 89.9 Å². The summed E-state index contributed by atoms with van der Waals surface area (Å²) < 4.78 is 10.0. The molecule has 0 radical (unpaired) electrons. The first-order chi connectivity index (χ1) is 6.73. The van der Waals surface area contributed by atoms with Gasteiger partial charge in [0.2, 0.25) is 0 Å². The van der Waals surface area contributed by atoms with E-state index in [0.29, 0.717) is 6.61 Å². The van der Waals surface area contributed by atoms with Crippen LogP contribution in [0.1, 0.15) is 34.6 Å². The van der Waals surface area contributed by atoms with E-state index in [2.05, 4.69) is 0 Å². The summed E-state index contributed by atoms with van der Waals surface area (Å²) >= 11 is 0. The van der Waals surface area contributed by atoms with Gasteiger partial charge in [0.25, 0.3) is 0 Å². The predicted molar refractivity (Wildman–Crippen MR) is 54.4 cm³/mol. The minimum atomic E-state index is -1.06. The molecule has 86 valence electrons. The van der Waals surface area contributed by atoms with Crippen molar-refractivity contribution < 1.29 is 19.1 Å². The van der Waals surface area contributed by atoms with Crippen LogP contribution in [-0.4, -0.2) is 30.1 Å². The molecule has 1 fully saturated rings. The van der Waals surface area contributed by atoms with Crippen LogP contribution < -0.4 is 0 Å². The maximum atomic E-state index is 11.8. The smallest absolute Gasteiger partial charge is 0.341 e. The van der Waals surface area contributed by atoms with Crippen molar-refractivity contribution in [3.8, 4) is 0 Å². The average Bonchev–Trinajstić information content (AvgIpc) is 2.77. The summed E-state index contributed by atoms with van der Waals surface area (Å²) in [5, 5.41) is 0. The number of Topliss-reactive ketones (excluding diaryl/α,β-unsaturated/α-hetero) is 1. The SMILES string of the molecule is CCOC(=O)[C@]1(C)O[C@H]1C(=O)C(C)(C)C. The van der Waals surface area contributed by atoms with E-state index in [0.717, 1.165) is 0 Å². The second-order valence-corrected chi connectivity index (χ2v) is 4.94. The molecule has 1 aliphatic rings. The van der Waals surface area contributed by atoms with Crippen LogP contribution in [0.5, 0.6) is 0 Å². The number of hydrogen-bond acceptors (Lipinski definition) is 4. The van der Waals surface area contributed by atoms with Crippen molar-refractivity contribution in [1.82, 2.24) is 0 Å². The van der Waals surface area contributed by atoms with Gasteiger partial charge in [-0.05, 0) is 13.8 Å². The molecular weight excluding hydrogens is 196 g/mol. The fourth-order valence-corrected chi connectivity index (χ4v) is 1.34. The lowest BCUT2D eigenvalue weighted by molar-refractivity contribution is -0.149. The Hall–Kier alpha value is -0.900. The first-order valence-electron chi connectivity index (χ1n) is 5.13. The summed E-state index contributed by atoms with van der Waals surface area (Å²) in [6, 6.07) is 0. The third kappa shape index (κ3) is 2.20. The quantitative estimate of drug-likeness (QED) is 0.525. The molecule has 0 aromatic heterocycles. The van der Waals surface area contributed by atoms with Crippen molar-refractivity contribution in [2.75, 3.05) is 6.61 Å². The molecule has 0 spiro atoms. The van der Waals surface area contributed by atoms with Crippen LogP contribution in [0.2, 0.25) is 0 Å². The minimum absolute atomic E-state index is 0.0574. The van der Waals surface area contributed by atoms with Crippen LogP contribution >= 0.6 is 0 Å². The number of carbonyl (C=O) groups excluding carboxylic acids is 2. The monoisotopic (exact) mass is 214 g/mol. The van der Waals surface area contributed by atoms with Crippen LogP contribution in [0.25, 0.3) is 0 Å². The van der Waals surface area contributed by atoms with Gasteiger partial charge < -0.3 is 9.47 Å². The molecule has 4 heteroatoms. The van der Waals surface area contributed by atoms with Gasteiger partial charge >= 0.3 is 5.97 Å². The molecule has 1 rings (SSSR count). The zero-order valence-corrected chi connectivity index (χ0v) is 9.92. The Morgan fingerprint density at radius 1 is 1.40 bits per heavy atom. The summed E-state index contributed by atoms with van der Waals surface area (Å²) in [6.07, 6.45) is -0.642. The van der Waals surface area contributed by atoms with Crippen molar-refractivity contribution in [3.63, 3.8) is 0 Å². The molecule has 0 aromatic rings. The van der Waals surface area contributed by atoms with E-state index in [4.69, 9.17) is 9.47 Å². The lowest BCUT2D eigenvalue weighted by Gasteiger charge is -2.15. The second kappa shape index (κ2) is 3.59. The molecule has 0 saturated carbocycles. The third-order valence-electron chi connectivity index (χ3n) is 2.46.